The van der Waals surface area contributed by atoms with Crippen LogP contribution in [0.5, 0.6) is 0 Å². The van der Waals surface area contributed by atoms with Crippen LogP contribution in [-0.4, -0.2) is 28.0 Å². The van der Waals surface area contributed by atoms with Crippen molar-refractivity contribution in [3.05, 3.63) is 41.2 Å². The Bertz CT molecular complexity index is 758. The van der Waals surface area contributed by atoms with E-state index in [9.17, 15) is 19.1 Å². The van der Waals surface area contributed by atoms with Gasteiger partial charge < -0.3 is 10.4 Å². The number of carbonyl (C=O) groups excluding carboxylic acids is 1. The van der Waals surface area contributed by atoms with Gasteiger partial charge in [0, 0.05) is 10.9 Å². The van der Waals surface area contributed by atoms with Gasteiger partial charge in [-0.15, -0.1) is 11.3 Å². The molecule has 1 fully saturated rings. The van der Waals surface area contributed by atoms with Crippen molar-refractivity contribution in [3.8, 4) is 10.6 Å². The van der Waals surface area contributed by atoms with Crippen molar-refractivity contribution in [2.45, 2.75) is 31.7 Å². The normalized spacial score (nSPS) is 15.0. The Labute approximate surface area is 142 Å². The lowest BCUT2D eigenvalue weighted by Crippen LogP contribution is -2.41. The summed E-state index contributed by atoms with van der Waals surface area (Å²) in [6.07, 6.45) is 2.55. The Hall–Kier alpha value is -2.28. The van der Waals surface area contributed by atoms with Gasteiger partial charge >= 0.3 is 5.97 Å². The van der Waals surface area contributed by atoms with E-state index in [1.54, 1.807) is 17.5 Å². The van der Waals surface area contributed by atoms with Gasteiger partial charge in [0.25, 0.3) is 0 Å². The molecule has 1 atom stereocenters. The van der Waals surface area contributed by atoms with E-state index in [1.165, 1.54) is 23.5 Å². The number of carbonyl (C=O) groups is 2. The van der Waals surface area contributed by atoms with Gasteiger partial charge in [-0.1, -0.05) is 25.0 Å². The van der Waals surface area contributed by atoms with Crippen LogP contribution in [-0.2, 0) is 16.0 Å². The van der Waals surface area contributed by atoms with Crippen molar-refractivity contribution in [2.75, 3.05) is 0 Å². The maximum absolute atomic E-state index is 13.3. The Balaban J connectivity index is 1.61. The standard InChI is InChI=1S/C17H17FN2O3S/c18-12-3-1-2-11(7-12)16-19-13(9-24-16)8-15(21)20-14(17(22)23)6-10-4-5-10/h1-3,7,9-10,14H,4-6,8H2,(H,20,21)(H,22,23). The third-order valence-electron chi connectivity index (χ3n) is 3.86. The van der Waals surface area contributed by atoms with Gasteiger partial charge in [-0.05, 0) is 24.5 Å². The maximum Gasteiger partial charge on any atom is 0.326 e. The summed E-state index contributed by atoms with van der Waals surface area (Å²) < 4.78 is 13.3. The molecule has 1 heterocycles. The van der Waals surface area contributed by atoms with E-state index in [0.29, 0.717) is 28.6 Å². The first-order valence-electron chi connectivity index (χ1n) is 7.74. The number of thiazole rings is 1. The molecular weight excluding hydrogens is 331 g/mol. The lowest BCUT2D eigenvalue weighted by molar-refractivity contribution is -0.142. The van der Waals surface area contributed by atoms with Gasteiger partial charge in [0.15, 0.2) is 0 Å². The molecule has 7 heteroatoms. The van der Waals surface area contributed by atoms with Crippen molar-refractivity contribution >= 4 is 23.2 Å². The van der Waals surface area contributed by atoms with E-state index in [1.807, 2.05) is 0 Å². The molecule has 1 aliphatic carbocycles. The highest BCUT2D eigenvalue weighted by Gasteiger charge is 2.30. The van der Waals surface area contributed by atoms with Crippen LogP contribution in [0.2, 0.25) is 0 Å². The number of aliphatic carboxylic acids is 1. The minimum Gasteiger partial charge on any atom is -0.480 e. The van der Waals surface area contributed by atoms with Gasteiger partial charge in [-0.25, -0.2) is 14.2 Å². The number of hydrogen-bond acceptors (Lipinski definition) is 4. The summed E-state index contributed by atoms with van der Waals surface area (Å²) in [5, 5.41) is 14.1. The van der Waals surface area contributed by atoms with Crippen LogP contribution in [0.15, 0.2) is 29.6 Å². The van der Waals surface area contributed by atoms with Gasteiger partial charge in [-0.3, -0.25) is 4.79 Å². The lowest BCUT2D eigenvalue weighted by atomic mass is 10.1. The highest BCUT2D eigenvalue weighted by atomic mass is 32.1. The van der Waals surface area contributed by atoms with Gasteiger partial charge in [0.05, 0.1) is 12.1 Å². The molecule has 1 amide bonds. The molecule has 2 N–H and O–H groups in total. The molecule has 0 aliphatic heterocycles. The molecular formula is C17H17FN2O3S. The molecule has 1 aromatic carbocycles. The first-order chi connectivity index (χ1) is 11.5. The Morgan fingerprint density at radius 1 is 1.42 bits per heavy atom. The maximum atomic E-state index is 13.3. The minimum atomic E-state index is -1.01. The number of benzene rings is 1. The molecule has 126 valence electrons. The quantitative estimate of drug-likeness (QED) is 0.806. The van der Waals surface area contributed by atoms with Crippen molar-refractivity contribution in [1.82, 2.24) is 10.3 Å². The average molecular weight is 348 g/mol. The second kappa shape index (κ2) is 7.09. The van der Waals surface area contributed by atoms with Gasteiger partial charge in [-0.2, -0.15) is 0 Å². The number of amides is 1. The fourth-order valence-corrected chi connectivity index (χ4v) is 3.28. The zero-order chi connectivity index (χ0) is 17.1. The van der Waals surface area contributed by atoms with Crippen molar-refractivity contribution in [1.29, 1.82) is 0 Å². The Morgan fingerprint density at radius 2 is 2.21 bits per heavy atom. The number of carboxylic acid groups (broad SMARTS) is 1. The highest BCUT2D eigenvalue weighted by molar-refractivity contribution is 7.13. The molecule has 0 spiro atoms. The number of nitrogens with one attached hydrogen (secondary N) is 1. The zero-order valence-corrected chi connectivity index (χ0v) is 13.7. The topological polar surface area (TPSA) is 79.3 Å². The van der Waals surface area contributed by atoms with E-state index in [0.717, 1.165) is 12.8 Å². The van der Waals surface area contributed by atoms with Crippen LogP contribution >= 0.6 is 11.3 Å². The highest BCUT2D eigenvalue weighted by Crippen LogP contribution is 2.33. The second-order valence-electron chi connectivity index (χ2n) is 5.97. The SMILES string of the molecule is O=C(Cc1csc(-c2cccc(F)c2)n1)NC(CC1CC1)C(=O)O. The van der Waals surface area contributed by atoms with Crippen LogP contribution in [0.25, 0.3) is 10.6 Å². The molecule has 1 saturated carbocycles. The first-order valence-corrected chi connectivity index (χ1v) is 8.62. The summed E-state index contributed by atoms with van der Waals surface area (Å²) in [4.78, 5) is 27.6. The Morgan fingerprint density at radius 3 is 2.88 bits per heavy atom. The van der Waals surface area contributed by atoms with Crippen molar-refractivity contribution in [2.24, 2.45) is 5.92 Å². The Kier molecular flexibility index (Phi) is 4.89. The number of halogens is 1. The summed E-state index contributed by atoms with van der Waals surface area (Å²) in [5.74, 6) is -1.30. The van der Waals surface area contributed by atoms with Crippen LogP contribution in [0.1, 0.15) is 25.0 Å². The number of aromatic nitrogens is 1. The van der Waals surface area contributed by atoms with Crippen LogP contribution < -0.4 is 5.32 Å². The second-order valence-corrected chi connectivity index (χ2v) is 6.83. The lowest BCUT2D eigenvalue weighted by Gasteiger charge is -2.13. The van der Waals surface area contributed by atoms with Crippen molar-refractivity contribution in [3.63, 3.8) is 0 Å². The molecule has 0 bridgehead atoms. The molecule has 1 unspecified atom stereocenters. The van der Waals surface area contributed by atoms with E-state index in [-0.39, 0.29) is 18.1 Å². The van der Waals surface area contributed by atoms with E-state index >= 15 is 0 Å². The third kappa shape index (κ3) is 4.38. The largest absolute Gasteiger partial charge is 0.480 e. The summed E-state index contributed by atoms with van der Waals surface area (Å²) in [6, 6.07) is 5.26. The average Bonchev–Trinajstić information content (AvgIpc) is 3.23. The van der Waals surface area contributed by atoms with Gasteiger partial charge in [0.1, 0.15) is 16.9 Å². The fourth-order valence-electron chi connectivity index (χ4n) is 2.46. The first kappa shape index (κ1) is 16.6. The molecule has 5 nitrogen and oxygen atoms in total. The zero-order valence-electron chi connectivity index (χ0n) is 12.9. The predicted octanol–water partition coefficient (Wildman–Crippen LogP) is 2.86. The molecule has 3 rings (SSSR count). The fraction of sp³-hybridized carbons (Fsp3) is 0.353. The molecule has 2 aromatic rings. The molecule has 0 radical (unpaired) electrons. The summed E-state index contributed by atoms with van der Waals surface area (Å²) in [7, 11) is 0. The number of nitrogens with zero attached hydrogens (tertiary/aromatic N) is 1. The number of hydrogen-bond donors (Lipinski definition) is 2. The monoisotopic (exact) mass is 348 g/mol. The summed E-state index contributed by atoms with van der Waals surface area (Å²) in [5.41, 5.74) is 1.20. The minimum absolute atomic E-state index is 0.0141. The van der Waals surface area contributed by atoms with E-state index in [4.69, 9.17) is 0 Å². The molecule has 0 saturated heterocycles. The van der Waals surface area contributed by atoms with Crippen molar-refractivity contribution < 1.29 is 19.1 Å². The van der Waals surface area contributed by atoms with Crippen LogP contribution in [0, 0.1) is 11.7 Å². The van der Waals surface area contributed by atoms with E-state index in [2.05, 4.69) is 10.3 Å². The third-order valence-corrected chi connectivity index (χ3v) is 4.80. The molecule has 1 aliphatic rings. The van der Waals surface area contributed by atoms with Crippen LogP contribution in [0.4, 0.5) is 4.39 Å². The number of carboxylic acids is 1. The summed E-state index contributed by atoms with van der Waals surface area (Å²) >= 11 is 1.33. The van der Waals surface area contributed by atoms with Gasteiger partial charge in [0.2, 0.25) is 5.91 Å². The van der Waals surface area contributed by atoms with Crippen LogP contribution in [0.3, 0.4) is 0 Å². The predicted molar refractivity (Wildman–Crippen MR) is 88.1 cm³/mol. The molecule has 1 aromatic heterocycles. The number of rotatable bonds is 7. The summed E-state index contributed by atoms with van der Waals surface area (Å²) in [6.45, 7) is 0. The van der Waals surface area contributed by atoms with E-state index < -0.39 is 12.0 Å². The molecule has 24 heavy (non-hydrogen) atoms. The smallest absolute Gasteiger partial charge is 0.326 e.